The smallest absolute Gasteiger partial charge is 0.229 e. The summed E-state index contributed by atoms with van der Waals surface area (Å²) in [4.78, 5) is 24.6. The maximum Gasteiger partial charge on any atom is 0.229 e. The molecule has 0 atom stereocenters. The van der Waals surface area contributed by atoms with Gasteiger partial charge in [0.15, 0.2) is 0 Å². The molecule has 1 heterocycles. The minimum atomic E-state index is -0.226. The summed E-state index contributed by atoms with van der Waals surface area (Å²) in [6, 6.07) is 0. The third-order valence-corrected chi connectivity index (χ3v) is 2.56. The molecule has 0 unspecified atom stereocenters. The summed E-state index contributed by atoms with van der Waals surface area (Å²) in [5, 5.41) is 8.50. The van der Waals surface area contributed by atoms with Crippen LogP contribution in [0.5, 0.6) is 0 Å². The molecule has 0 aromatic carbocycles. The predicted molar refractivity (Wildman–Crippen MR) is 57.6 cm³/mol. The lowest BCUT2D eigenvalue weighted by molar-refractivity contribution is -0.153. The Labute approximate surface area is 95.4 Å². The van der Waals surface area contributed by atoms with Crippen LogP contribution in [0, 0.1) is 5.41 Å². The Morgan fingerprint density at radius 2 is 1.81 bits per heavy atom. The molecule has 0 spiro atoms. The van der Waals surface area contributed by atoms with E-state index >= 15 is 0 Å². The number of aliphatic hydroxyl groups excluding tert-OH is 1. The second kappa shape index (κ2) is 5.41. The van der Waals surface area contributed by atoms with Gasteiger partial charge in [0.25, 0.3) is 0 Å². The first kappa shape index (κ1) is 13.1. The Kier molecular flexibility index (Phi) is 4.44. The highest BCUT2D eigenvalue weighted by Crippen LogP contribution is 2.31. The zero-order valence-electron chi connectivity index (χ0n) is 9.86. The number of likely N-dealkylation sites (tertiary alicyclic amines) is 1. The second-order valence-corrected chi connectivity index (χ2v) is 4.79. The lowest BCUT2D eigenvalue weighted by Crippen LogP contribution is -2.47. The maximum absolute atomic E-state index is 11.7. The third kappa shape index (κ3) is 3.57. The zero-order valence-corrected chi connectivity index (χ0v) is 9.86. The second-order valence-electron chi connectivity index (χ2n) is 4.79. The molecule has 16 heavy (non-hydrogen) atoms. The van der Waals surface area contributed by atoms with Gasteiger partial charge >= 0.3 is 0 Å². The molecule has 0 aromatic rings. The molecular formula is C11H19NO4. The van der Waals surface area contributed by atoms with Crippen LogP contribution in [-0.2, 0) is 14.3 Å². The van der Waals surface area contributed by atoms with Crippen LogP contribution in [0.3, 0.4) is 0 Å². The molecule has 1 fully saturated rings. The number of nitrogens with zero attached hydrogens (tertiary/aromatic N) is 1. The van der Waals surface area contributed by atoms with Crippen molar-refractivity contribution in [2.45, 2.75) is 26.7 Å². The predicted octanol–water partition coefficient (Wildman–Crippen LogP) is 0.171. The molecule has 5 heteroatoms. The Balaban J connectivity index is 2.42. The van der Waals surface area contributed by atoms with Gasteiger partial charge in [-0.05, 0) is 5.41 Å². The van der Waals surface area contributed by atoms with Crippen LogP contribution in [0.25, 0.3) is 0 Å². The highest BCUT2D eigenvalue weighted by molar-refractivity contribution is 5.98. The van der Waals surface area contributed by atoms with Gasteiger partial charge in [-0.2, -0.15) is 0 Å². The molecule has 92 valence electrons. The zero-order chi connectivity index (χ0) is 12.2. The summed E-state index contributed by atoms with van der Waals surface area (Å²) in [5.41, 5.74) is -0.226. The molecular weight excluding hydrogens is 210 g/mol. The summed E-state index contributed by atoms with van der Waals surface area (Å²) in [6.07, 6.45) is 0.803. The molecule has 1 saturated heterocycles. The van der Waals surface area contributed by atoms with E-state index in [1.807, 2.05) is 13.8 Å². The number of rotatable bonds is 5. The van der Waals surface area contributed by atoms with Crippen molar-refractivity contribution in [1.82, 2.24) is 4.90 Å². The van der Waals surface area contributed by atoms with Crippen LogP contribution in [0.4, 0.5) is 0 Å². The van der Waals surface area contributed by atoms with Gasteiger partial charge in [0.05, 0.1) is 26.4 Å². The number of amides is 2. The summed E-state index contributed by atoms with van der Waals surface area (Å²) < 4.78 is 5.04. The number of carbonyl (C=O) groups is 2. The quantitative estimate of drug-likeness (QED) is 0.539. The van der Waals surface area contributed by atoms with Crippen molar-refractivity contribution in [3.63, 3.8) is 0 Å². The van der Waals surface area contributed by atoms with E-state index in [-0.39, 0.29) is 37.0 Å². The third-order valence-electron chi connectivity index (χ3n) is 2.56. The molecule has 0 aliphatic carbocycles. The van der Waals surface area contributed by atoms with E-state index in [2.05, 4.69) is 0 Å². The van der Waals surface area contributed by atoms with Crippen molar-refractivity contribution in [2.75, 3.05) is 26.4 Å². The van der Waals surface area contributed by atoms with E-state index < -0.39 is 0 Å². The van der Waals surface area contributed by atoms with Crippen molar-refractivity contribution in [3.8, 4) is 0 Å². The highest BCUT2D eigenvalue weighted by Gasteiger charge is 2.36. The van der Waals surface area contributed by atoms with Crippen molar-refractivity contribution >= 4 is 11.8 Å². The largest absolute Gasteiger partial charge is 0.394 e. The minimum Gasteiger partial charge on any atom is -0.394 e. The molecule has 5 nitrogen and oxygen atoms in total. The lowest BCUT2D eigenvalue weighted by atomic mass is 9.82. The number of piperidine rings is 1. The number of imide groups is 1. The summed E-state index contributed by atoms with van der Waals surface area (Å²) in [7, 11) is 0. The molecule has 1 aliphatic rings. The van der Waals surface area contributed by atoms with Gasteiger partial charge in [0, 0.05) is 12.8 Å². The van der Waals surface area contributed by atoms with Gasteiger partial charge in [0.2, 0.25) is 11.8 Å². The van der Waals surface area contributed by atoms with E-state index in [4.69, 9.17) is 9.84 Å². The summed E-state index contributed by atoms with van der Waals surface area (Å²) in [6.45, 7) is 4.60. The molecule has 2 amide bonds. The fourth-order valence-corrected chi connectivity index (χ4v) is 1.78. The molecule has 1 N–H and O–H groups in total. The first-order chi connectivity index (χ1) is 7.46. The van der Waals surface area contributed by atoms with Gasteiger partial charge < -0.3 is 9.84 Å². The molecule has 1 aliphatic heterocycles. The van der Waals surface area contributed by atoms with Gasteiger partial charge in [-0.3, -0.25) is 14.5 Å². The van der Waals surface area contributed by atoms with Crippen LogP contribution in [0.1, 0.15) is 26.7 Å². The van der Waals surface area contributed by atoms with Gasteiger partial charge in [-0.25, -0.2) is 0 Å². The van der Waals surface area contributed by atoms with Crippen molar-refractivity contribution < 1.29 is 19.4 Å². The van der Waals surface area contributed by atoms with Gasteiger partial charge in [0.1, 0.15) is 0 Å². The van der Waals surface area contributed by atoms with Crippen molar-refractivity contribution in [2.24, 2.45) is 5.41 Å². The summed E-state index contributed by atoms with van der Waals surface area (Å²) in [5.74, 6) is -0.261. The van der Waals surface area contributed by atoms with E-state index in [0.717, 1.165) is 0 Å². The lowest BCUT2D eigenvalue weighted by Gasteiger charge is -2.34. The monoisotopic (exact) mass is 229 g/mol. The molecule has 0 saturated carbocycles. The van der Waals surface area contributed by atoms with Crippen LogP contribution in [0.15, 0.2) is 0 Å². The Hall–Kier alpha value is -0.940. The SMILES string of the molecule is CC1(C)CC(=O)N(CCOCCO)C(=O)C1. The molecule has 0 aromatic heterocycles. The van der Waals surface area contributed by atoms with Crippen LogP contribution in [-0.4, -0.2) is 48.2 Å². The molecule has 1 rings (SSSR count). The summed E-state index contributed by atoms with van der Waals surface area (Å²) >= 11 is 0. The van der Waals surface area contributed by atoms with Crippen molar-refractivity contribution in [1.29, 1.82) is 0 Å². The molecule has 0 radical (unpaired) electrons. The Morgan fingerprint density at radius 1 is 1.25 bits per heavy atom. The van der Waals surface area contributed by atoms with Crippen LogP contribution in [0.2, 0.25) is 0 Å². The number of ether oxygens (including phenoxy) is 1. The number of aliphatic hydroxyl groups is 1. The topological polar surface area (TPSA) is 66.8 Å². The van der Waals surface area contributed by atoms with E-state index in [1.165, 1.54) is 4.90 Å². The fourth-order valence-electron chi connectivity index (χ4n) is 1.78. The molecule has 0 bridgehead atoms. The van der Waals surface area contributed by atoms with E-state index in [1.54, 1.807) is 0 Å². The maximum atomic E-state index is 11.7. The highest BCUT2D eigenvalue weighted by atomic mass is 16.5. The number of hydrogen-bond acceptors (Lipinski definition) is 4. The number of hydrogen-bond donors (Lipinski definition) is 1. The van der Waals surface area contributed by atoms with Gasteiger partial charge in [-0.15, -0.1) is 0 Å². The fraction of sp³-hybridized carbons (Fsp3) is 0.818. The minimum absolute atomic E-state index is 0.0467. The number of carbonyl (C=O) groups excluding carboxylic acids is 2. The van der Waals surface area contributed by atoms with Crippen LogP contribution >= 0.6 is 0 Å². The first-order valence-electron chi connectivity index (χ1n) is 5.48. The van der Waals surface area contributed by atoms with E-state index in [9.17, 15) is 9.59 Å². The Bertz CT molecular complexity index is 255. The standard InChI is InChI=1S/C11H19NO4/c1-11(2)7-9(14)12(10(15)8-11)3-5-16-6-4-13/h13H,3-8H2,1-2H3. The Morgan fingerprint density at radius 3 is 2.31 bits per heavy atom. The van der Waals surface area contributed by atoms with Crippen molar-refractivity contribution in [3.05, 3.63) is 0 Å². The van der Waals surface area contributed by atoms with E-state index in [0.29, 0.717) is 19.4 Å². The first-order valence-corrected chi connectivity index (χ1v) is 5.48. The average Bonchev–Trinajstić information content (AvgIpc) is 2.13. The normalized spacial score (nSPS) is 20.3. The average molecular weight is 229 g/mol. The van der Waals surface area contributed by atoms with Crippen LogP contribution < -0.4 is 0 Å². The van der Waals surface area contributed by atoms with Gasteiger partial charge in [-0.1, -0.05) is 13.8 Å².